The van der Waals surface area contributed by atoms with Crippen LogP contribution in [-0.2, 0) is 6.54 Å². The molecule has 0 bridgehead atoms. The summed E-state index contributed by atoms with van der Waals surface area (Å²) in [5, 5.41) is 10.3. The van der Waals surface area contributed by atoms with E-state index >= 15 is 0 Å². The minimum absolute atomic E-state index is 0.403. The second-order valence-electron chi connectivity index (χ2n) is 4.09. The lowest BCUT2D eigenvalue weighted by Crippen LogP contribution is -2.09. The first-order valence-electron chi connectivity index (χ1n) is 5.58. The first-order chi connectivity index (χ1) is 8.06. The van der Waals surface area contributed by atoms with Gasteiger partial charge in [0.05, 0.1) is 0 Å². The van der Waals surface area contributed by atoms with Crippen LogP contribution in [0.25, 0.3) is 10.9 Å². The van der Waals surface area contributed by atoms with E-state index < -0.39 is 5.97 Å². The molecular weight excluding hydrogens is 282 g/mol. The Morgan fingerprint density at radius 3 is 2.76 bits per heavy atom. The molecule has 17 heavy (non-hydrogen) atoms. The summed E-state index contributed by atoms with van der Waals surface area (Å²) in [6, 6.07) is 5.89. The van der Waals surface area contributed by atoms with Gasteiger partial charge in [0, 0.05) is 21.9 Å². The van der Waals surface area contributed by atoms with E-state index in [1.54, 1.807) is 0 Å². The number of carbonyl (C=O) groups is 1. The average molecular weight is 296 g/mol. The van der Waals surface area contributed by atoms with Crippen molar-refractivity contribution in [3.63, 3.8) is 0 Å². The zero-order valence-electron chi connectivity index (χ0n) is 9.83. The SMILES string of the molecule is CCCn1c(C(=O)O)c(C)c2cc(Br)ccc21. The van der Waals surface area contributed by atoms with Crippen molar-refractivity contribution in [1.29, 1.82) is 0 Å². The van der Waals surface area contributed by atoms with Crippen molar-refractivity contribution in [2.75, 3.05) is 0 Å². The fourth-order valence-electron chi connectivity index (χ4n) is 2.23. The van der Waals surface area contributed by atoms with E-state index in [1.807, 2.05) is 36.6 Å². The molecule has 0 atom stereocenters. The number of aryl methyl sites for hydroxylation is 2. The van der Waals surface area contributed by atoms with E-state index in [4.69, 9.17) is 0 Å². The number of halogens is 1. The van der Waals surface area contributed by atoms with Crippen molar-refractivity contribution < 1.29 is 9.90 Å². The third-order valence-electron chi connectivity index (χ3n) is 2.93. The number of carboxylic acid groups (broad SMARTS) is 1. The molecule has 0 radical (unpaired) electrons. The molecule has 0 aliphatic rings. The summed E-state index contributed by atoms with van der Waals surface area (Å²) in [5.74, 6) is -0.858. The minimum Gasteiger partial charge on any atom is -0.477 e. The molecule has 0 saturated carbocycles. The van der Waals surface area contributed by atoms with Gasteiger partial charge >= 0.3 is 5.97 Å². The Hall–Kier alpha value is -1.29. The fraction of sp³-hybridized carbons (Fsp3) is 0.308. The molecule has 2 rings (SSSR count). The lowest BCUT2D eigenvalue weighted by Gasteiger charge is -2.06. The number of fused-ring (bicyclic) bond motifs is 1. The molecule has 0 amide bonds. The van der Waals surface area contributed by atoms with E-state index in [0.29, 0.717) is 5.69 Å². The van der Waals surface area contributed by atoms with E-state index in [9.17, 15) is 9.90 Å². The largest absolute Gasteiger partial charge is 0.477 e. The molecule has 0 unspecified atom stereocenters. The normalized spacial score (nSPS) is 11.0. The molecule has 1 aromatic heterocycles. The highest BCUT2D eigenvalue weighted by atomic mass is 79.9. The molecule has 90 valence electrons. The molecule has 0 spiro atoms. The lowest BCUT2D eigenvalue weighted by molar-refractivity contribution is 0.0684. The van der Waals surface area contributed by atoms with E-state index in [0.717, 1.165) is 33.9 Å². The molecule has 0 saturated heterocycles. The zero-order chi connectivity index (χ0) is 12.6. The molecule has 0 aliphatic carbocycles. The molecular formula is C13H14BrNO2. The smallest absolute Gasteiger partial charge is 0.352 e. The summed E-state index contributed by atoms with van der Waals surface area (Å²) < 4.78 is 2.86. The number of hydrogen-bond acceptors (Lipinski definition) is 1. The molecule has 4 heteroatoms. The predicted octanol–water partition coefficient (Wildman–Crippen LogP) is 3.82. The van der Waals surface area contributed by atoms with Crippen molar-refractivity contribution in [2.24, 2.45) is 0 Å². The van der Waals surface area contributed by atoms with Crippen LogP contribution in [-0.4, -0.2) is 15.6 Å². The number of aromatic nitrogens is 1. The molecule has 0 fully saturated rings. The topological polar surface area (TPSA) is 42.2 Å². The number of aromatic carboxylic acids is 1. The van der Waals surface area contributed by atoms with Crippen molar-refractivity contribution in [2.45, 2.75) is 26.8 Å². The van der Waals surface area contributed by atoms with Gasteiger partial charge in [0.25, 0.3) is 0 Å². The van der Waals surface area contributed by atoms with Crippen LogP contribution in [0.5, 0.6) is 0 Å². The van der Waals surface area contributed by atoms with Crippen molar-refractivity contribution >= 4 is 32.8 Å². The van der Waals surface area contributed by atoms with Gasteiger partial charge in [-0.3, -0.25) is 0 Å². The molecule has 2 aromatic rings. The first kappa shape index (κ1) is 12.2. The Bertz CT molecular complexity index is 587. The minimum atomic E-state index is -0.858. The van der Waals surface area contributed by atoms with Gasteiger partial charge in [0.1, 0.15) is 5.69 Å². The Balaban J connectivity index is 2.82. The van der Waals surface area contributed by atoms with Gasteiger partial charge in [-0.15, -0.1) is 0 Å². The van der Waals surface area contributed by atoms with E-state index in [-0.39, 0.29) is 0 Å². The van der Waals surface area contributed by atoms with Gasteiger partial charge in [-0.05, 0) is 37.1 Å². The lowest BCUT2D eigenvalue weighted by atomic mass is 10.1. The number of rotatable bonds is 3. The number of nitrogens with zero attached hydrogens (tertiary/aromatic N) is 1. The summed E-state index contributed by atoms with van der Waals surface area (Å²) in [6.45, 7) is 4.64. The summed E-state index contributed by atoms with van der Waals surface area (Å²) in [5.41, 5.74) is 2.23. The second-order valence-corrected chi connectivity index (χ2v) is 5.01. The molecule has 1 aromatic carbocycles. The van der Waals surface area contributed by atoms with Gasteiger partial charge in [-0.1, -0.05) is 22.9 Å². The highest BCUT2D eigenvalue weighted by Gasteiger charge is 2.18. The van der Waals surface area contributed by atoms with Gasteiger partial charge in [-0.2, -0.15) is 0 Å². The first-order valence-corrected chi connectivity index (χ1v) is 6.37. The maximum absolute atomic E-state index is 11.3. The predicted molar refractivity (Wildman–Crippen MR) is 71.6 cm³/mol. The summed E-state index contributed by atoms with van der Waals surface area (Å²) in [4.78, 5) is 11.3. The van der Waals surface area contributed by atoms with Crippen LogP contribution in [0.3, 0.4) is 0 Å². The summed E-state index contributed by atoms with van der Waals surface area (Å²) in [7, 11) is 0. The van der Waals surface area contributed by atoms with Gasteiger partial charge in [0.15, 0.2) is 0 Å². The zero-order valence-corrected chi connectivity index (χ0v) is 11.4. The van der Waals surface area contributed by atoms with Crippen molar-refractivity contribution in [3.05, 3.63) is 33.9 Å². The van der Waals surface area contributed by atoms with Crippen molar-refractivity contribution in [3.8, 4) is 0 Å². The van der Waals surface area contributed by atoms with Crippen LogP contribution in [0, 0.1) is 6.92 Å². The summed E-state index contributed by atoms with van der Waals surface area (Å²) >= 11 is 3.42. The monoisotopic (exact) mass is 295 g/mol. The third-order valence-corrected chi connectivity index (χ3v) is 3.42. The van der Waals surface area contributed by atoms with Crippen LogP contribution in [0.2, 0.25) is 0 Å². The van der Waals surface area contributed by atoms with Crippen LogP contribution < -0.4 is 0 Å². The number of carboxylic acids is 1. The highest BCUT2D eigenvalue weighted by molar-refractivity contribution is 9.10. The van der Waals surface area contributed by atoms with E-state index in [1.165, 1.54) is 0 Å². The van der Waals surface area contributed by atoms with Crippen LogP contribution in [0.15, 0.2) is 22.7 Å². The standard InChI is InChI=1S/C13H14BrNO2/c1-3-6-15-11-5-4-9(14)7-10(11)8(2)12(15)13(16)17/h4-5,7H,3,6H2,1-2H3,(H,16,17). The number of hydrogen-bond donors (Lipinski definition) is 1. The highest BCUT2D eigenvalue weighted by Crippen LogP contribution is 2.28. The van der Waals surface area contributed by atoms with Crippen LogP contribution in [0.1, 0.15) is 29.4 Å². The maximum atomic E-state index is 11.3. The van der Waals surface area contributed by atoms with Crippen LogP contribution >= 0.6 is 15.9 Å². The molecule has 1 N–H and O–H groups in total. The Kier molecular flexibility index (Phi) is 3.24. The van der Waals surface area contributed by atoms with Crippen molar-refractivity contribution in [1.82, 2.24) is 4.57 Å². The quantitative estimate of drug-likeness (QED) is 0.935. The number of benzene rings is 1. The van der Waals surface area contributed by atoms with E-state index in [2.05, 4.69) is 15.9 Å². The van der Waals surface area contributed by atoms with Gasteiger partial charge in [0.2, 0.25) is 0 Å². The van der Waals surface area contributed by atoms with Gasteiger partial charge < -0.3 is 9.67 Å². The summed E-state index contributed by atoms with van der Waals surface area (Å²) in [6.07, 6.45) is 0.916. The Morgan fingerprint density at radius 2 is 2.18 bits per heavy atom. The maximum Gasteiger partial charge on any atom is 0.352 e. The second kappa shape index (κ2) is 4.53. The Morgan fingerprint density at radius 1 is 1.47 bits per heavy atom. The molecule has 0 aliphatic heterocycles. The fourth-order valence-corrected chi connectivity index (χ4v) is 2.59. The molecule has 1 heterocycles. The average Bonchev–Trinajstić information content (AvgIpc) is 2.53. The van der Waals surface area contributed by atoms with Crippen LogP contribution in [0.4, 0.5) is 0 Å². The third kappa shape index (κ3) is 1.97. The Labute approximate surface area is 108 Å². The van der Waals surface area contributed by atoms with Gasteiger partial charge in [-0.25, -0.2) is 4.79 Å². The molecule has 3 nitrogen and oxygen atoms in total.